The van der Waals surface area contributed by atoms with E-state index >= 15 is 0 Å². The van der Waals surface area contributed by atoms with Crippen molar-refractivity contribution in [2.75, 3.05) is 6.61 Å². The molecule has 2 saturated carbocycles. The first-order chi connectivity index (χ1) is 9.17. The van der Waals surface area contributed by atoms with Crippen LogP contribution in [0, 0.1) is 18.3 Å². The third-order valence-electron chi connectivity index (χ3n) is 5.04. The molecule has 2 fully saturated rings. The fourth-order valence-electron chi connectivity index (χ4n) is 3.97. The Labute approximate surface area is 124 Å². The molecule has 0 radical (unpaired) electrons. The van der Waals surface area contributed by atoms with Crippen molar-refractivity contribution in [3.8, 4) is 5.75 Å². The summed E-state index contributed by atoms with van der Waals surface area (Å²) in [7, 11) is 0. The molecule has 1 aromatic rings. The Bertz CT molecular complexity index is 445. The van der Waals surface area contributed by atoms with Gasteiger partial charge in [0.25, 0.3) is 0 Å². The fourth-order valence-corrected chi connectivity index (χ4v) is 4.21. The van der Waals surface area contributed by atoms with E-state index in [-0.39, 0.29) is 0 Å². The summed E-state index contributed by atoms with van der Waals surface area (Å²) in [6, 6.07) is 6.31. The van der Waals surface area contributed by atoms with Crippen LogP contribution >= 0.6 is 15.9 Å². The molecule has 0 heterocycles. The van der Waals surface area contributed by atoms with Crippen LogP contribution in [0.3, 0.4) is 0 Å². The lowest BCUT2D eigenvalue weighted by Crippen LogP contribution is -2.37. The first-order valence-corrected chi connectivity index (χ1v) is 8.35. The average Bonchev–Trinajstić information content (AvgIpc) is 2.40. The largest absolute Gasteiger partial charge is 0.493 e. The SMILES string of the molecule is Cc1cc(OCC23CCCC(CCC2)C3)ccc1Br. The predicted octanol–water partition coefficient (Wildman–Crippen LogP) is 5.50. The third kappa shape index (κ3) is 2.99. The minimum Gasteiger partial charge on any atom is -0.493 e. The van der Waals surface area contributed by atoms with Gasteiger partial charge in [0.1, 0.15) is 5.75 Å². The second kappa shape index (κ2) is 5.47. The molecule has 1 aromatic carbocycles. The summed E-state index contributed by atoms with van der Waals surface area (Å²) in [5.74, 6) is 2.01. The van der Waals surface area contributed by atoms with Crippen LogP contribution in [0.15, 0.2) is 22.7 Å². The number of ether oxygens (including phenoxy) is 1. The minimum absolute atomic E-state index is 0.488. The molecule has 0 unspecified atom stereocenters. The van der Waals surface area contributed by atoms with Gasteiger partial charge in [-0.1, -0.05) is 41.6 Å². The van der Waals surface area contributed by atoms with E-state index in [0.29, 0.717) is 5.41 Å². The lowest BCUT2D eigenvalue weighted by molar-refractivity contribution is 0.0282. The van der Waals surface area contributed by atoms with Gasteiger partial charge in [-0.05, 0) is 55.9 Å². The molecule has 0 N–H and O–H groups in total. The molecular formula is C17H23BrO. The molecule has 2 bridgehead atoms. The number of aryl methyl sites for hydroxylation is 1. The zero-order chi connectivity index (χ0) is 13.3. The molecule has 1 nitrogen and oxygen atoms in total. The topological polar surface area (TPSA) is 9.23 Å². The number of rotatable bonds is 3. The van der Waals surface area contributed by atoms with Gasteiger partial charge in [0.15, 0.2) is 0 Å². The van der Waals surface area contributed by atoms with Crippen molar-refractivity contribution < 1.29 is 4.74 Å². The minimum atomic E-state index is 0.488. The molecule has 0 atom stereocenters. The van der Waals surface area contributed by atoms with Gasteiger partial charge in [0.2, 0.25) is 0 Å². The van der Waals surface area contributed by atoms with Crippen LogP contribution in [-0.2, 0) is 0 Å². The number of hydrogen-bond acceptors (Lipinski definition) is 1. The van der Waals surface area contributed by atoms with Crippen LogP contribution in [0.2, 0.25) is 0 Å². The van der Waals surface area contributed by atoms with Crippen molar-refractivity contribution in [1.82, 2.24) is 0 Å². The molecule has 3 rings (SSSR count). The van der Waals surface area contributed by atoms with Crippen molar-refractivity contribution in [3.63, 3.8) is 0 Å². The Morgan fingerprint density at radius 1 is 1.26 bits per heavy atom. The Balaban J connectivity index is 1.66. The Morgan fingerprint density at radius 2 is 2.00 bits per heavy atom. The molecule has 19 heavy (non-hydrogen) atoms. The molecule has 2 heteroatoms. The second-order valence-electron chi connectivity index (χ2n) is 6.55. The van der Waals surface area contributed by atoms with E-state index in [4.69, 9.17) is 4.74 Å². The van der Waals surface area contributed by atoms with Crippen LogP contribution in [0.25, 0.3) is 0 Å². The Kier molecular flexibility index (Phi) is 3.88. The number of halogens is 1. The Morgan fingerprint density at radius 3 is 2.68 bits per heavy atom. The second-order valence-corrected chi connectivity index (χ2v) is 7.41. The summed E-state index contributed by atoms with van der Waals surface area (Å²) < 4.78 is 7.30. The zero-order valence-electron chi connectivity index (χ0n) is 11.8. The van der Waals surface area contributed by atoms with Gasteiger partial charge in [0, 0.05) is 9.89 Å². The van der Waals surface area contributed by atoms with Crippen LogP contribution in [0.4, 0.5) is 0 Å². The van der Waals surface area contributed by atoms with Gasteiger partial charge in [0.05, 0.1) is 6.61 Å². The predicted molar refractivity (Wildman–Crippen MR) is 82.6 cm³/mol. The Hall–Kier alpha value is -0.500. The standard InChI is InChI=1S/C17H23BrO/c1-13-10-15(6-7-16(13)18)19-12-17-8-2-4-14(11-17)5-3-9-17/h6-7,10,14H,2-5,8-9,11-12H2,1H3. The van der Waals surface area contributed by atoms with Crippen LogP contribution in [0.5, 0.6) is 5.75 Å². The van der Waals surface area contributed by atoms with Crippen molar-refractivity contribution in [2.24, 2.45) is 11.3 Å². The van der Waals surface area contributed by atoms with Gasteiger partial charge in [-0.15, -0.1) is 0 Å². The lowest BCUT2D eigenvalue weighted by Gasteiger charge is -2.45. The molecule has 2 aliphatic carbocycles. The molecule has 2 aliphatic rings. The van der Waals surface area contributed by atoms with Gasteiger partial charge in [-0.2, -0.15) is 0 Å². The number of fused-ring (bicyclic) bond motifs is 2. The summed E-state index contributed by atoms with van der Waals surface area (Å²) in [5.41, 5.74) is 1.74. The van der Waals surface area contributed by atoms with Gasteiger partial charge in [-0.25, -0.2) is 0 Å². The number of benzene rings is 1. The zero-order valence-corrected chi connectivity index (χ0v) is 13.3. The number of hydrogen-bond donors (Lipinski definition) is 0. The highest BCUT2D eigenvalue weighted by Gasteiger charge is 2.39. The van der Waals surface area contributed by atoms with E-state index in [0.717, 1.165) is 22.7 Å². The molecule has 0 spiro atoms. The molecule has 0 aromatic heterocycles. The van der Waals surface area contributed by atoms with Gasteiger partial charge < -0.3 is 4.74 Å². The maximum atomic E-state index is 6.14. The first-order valence-electron chi connectivity index (χ1n) is 7.56. The maximum Gasteiger partial charge on any atom is 0.119 e. The van der Waals surface area contributed by atoms with Crippen molar-refractivity contribution in [2.45, 2.75) is 51.9 Å². The molecule has 104 valence electrons. The van der Waals surface area contributed by atoms with Crippen LogP contribution < -0.4 is 4.74 Å². The summed E-state index contributed by atoms with van der Waals surface area (Å²) in [6.07, 6.45) is 9.89. The van der Waals surface area contributed by atoms with Crippen molar-refractivity contribution >= 4 is 15.9 Å². The summed E-state index contributed by atoms with van der Waals surface area (Å²) >= 11 is 3.54. The third-order valence-corrected chi connectivity index (χ3v) is 5.92. The van der Waals surface area contributed by atoms with Gasteiger partial charge in [-0.3, -0.25) is 0 Å². The summed E-state index contributed by atoms with van der Waals surface area (Å²) in [6.45, 7) is 3.04. The highest BCUT2D eigenvalue weighted by Crippen LogP contribution is 2.49. The van der Waals surface area contributed by atoms with E-state index in [9.17, 15) is 0 Å². The van der Waals surface area contributed by atoms with Gasteiger partial charge >= 0.3 is 0 Å². The van der Waals surface area contributed by atoms with E-state index in [1.807, 2.05) is 0 Å². The fraction of sp³-hybridized carbons (Fsp3) is 0.647. The monoisotopic (exact) mass is 322 g/mol. The first kappa shape index (κ1) is 13.5. The van der Waals surface area contributed by atoms with E-state index in [1.165, 1.54) is 50.5 Å². The molecule has 0 aliphatic heterocycles. The van der Waals surface area contributed by atoms with Crippen molar-refractivity contribution in [1.29, 1.82) is 0 Å². The summed E-state index contributed by atoms with van der Waals surface area (Å²) in [5, 5.41) is 0. The normalized spacial score (nSPS) is 30.1. The maximum absolute atomic E-state index is 6.14. The smallest absolute Gasteiger partial charge is 0.119 e. The lowest BCUT2D eigenvalue weighted by atomic mass is 9.62. The van der Waals surface area contributed by atoms with Crippen LogP contribution in [-0.4, -0.2) is 6.61 Å². The highest BCUT2D eigenvalue weighted by molar-refractivity contribution is 9.10. The molecular weight excluding hydrogens is 300 g/mol. The van der Waals surface area contributed by atoms with E-state index < -0.39 is 0 Å². The molecule has 0 saturated heterocycles. The average molecular weight is 323 g/mol. The van der Waals surface area contributed by atoms with Crippen LogP contribution in [0.1, 0.15) is 50.5 Å². The van der Waals surface area contributed by atoms with E-state index in [2.05, 4.69) is 41.1 Å². The highest BCUT2D eigenvalue weighted by atomic mass is 79.9. The summed E-state index contributed by atoms with van der Waals surface area (Å²) in [4.78, 5) is 0. The quantitative estimate of drug-likeness (QED) is 0.714. The molecule has 0 amide bonds. The van der Waals surface area contributed by atoms with Crippen molar-refractivity contribution in [3.05, 3.63) is 28.2 Å². The van der Waals surface area contributed by atoms with E-state index in [1.54, 1.807) is 0 Å².